The number of carbonyl (C=O) groups excluding carboxylic acids is 1. The first kappa shape index (κ1) is 20.8. The molecule has 0 spiro atoms. The monoisotopic (exact) mass is 418 g/mol. The van der Waals surface area contributed by atoms with Gasteiger partial charge in [0.05, 0.1) is 22.9 Å². The highest BCUT2D eigenvalue weighted by Gasteiger charge is 2.23. The van der Waals surface area contributed by atoms with Crippen molar-refractivity contribution in [3.8, 4) is 11.9 Å². The summed E-state index contributed by atoms with van der Waals surface area (Å²) in [4.78, 5) is 21.9. The Morgan fingerprint density at radius 3 is 2.71 bits per heavy atom. The second kappa shape index (κ2) is 8.74. The predicted octanol–water partition coefficient (Wildman–Crippen LogP) is 3.15. The van der Waals surface area contributed by atoms with E-state index in [-0.39, 0.29) is 24.1 Å². The number of rotatable bonds is 5. The van der Waals surface area contributed by atoms with Crippen molar-refractivity contribution in [2.24, 2.45) is 0 Å². The van der Waals surface area contributed by atoms with Crippen LogP contribution in [-0.4, -0.2) is 43.7 Å². The minimum atomic E-state index is -0.262. The molecule has 1 amide bonds. The van der Waals surface area contributed by atoms with Gasteiger partial charge < -0.3 is 15.7 Å². The zero-order chi connectivity index (χ0) is 22.0. The zero-order valence-corrected chi connectivity index (χ0v) is 17.7. The number of aliphatic hydroxyl groups is 1. The summed E-state index contributed by atoms with van der Waals surface area (Å²) in [5, 5.41) is 26.1. The van der Waals surface area contributed by atoms with E-state index in [2.05, 4.69) is 26.7 Å². The average molecular weight is 419 g/mol. The molecule has 0 atom stereocenters. The molecule has 0 aliphatic heterocycles. The standard InChI is InChI=1S/C23H26N6O2/c1-14(2)27-20-10-21(29-8-7-16-9-15(11-24)12-26-22(16)29)25-13-19(20)23(31)28-17-3-5-18(30)6-4-17/h7-10,12-14,17-18,30H,3-6H2,1-2H3,(H,25,27)(H,28,31). The fourth-order valence-corrected chi connectivity index (χ4v) is 3.94. The molecule has 3 N–H and O–H groups in total. The van der Waals surface area contributed by atoms with E-state index >= 15 is 0 Å². The van der Waals surface area contributed by atoms with Gasteiger partial charge in [0, 0.05) is 42.1 Å². The maximum absolute atomic E-state index is 13.0. The predicted molar refractivity (Wildman–Crippen MR) is 118 cm³/mol. The second-order valence-electron chi connectivity index (χ2n) is 8.30. The molecule has 0 radical (unpaired) electrons. The largest absolute Gasteiger partial charge is 0.393 e. The molecule has 3 heterocycles. The summed E-state index contributed by atoms with van der Waals surface area (Å²) in [6.45, 7) is 4.03. The molecule has 0 saturated heterocycles. The van der Waals surface area contributed by atoms with Gasteiger partial charge in [0.2, 0.25) is 0 Å². The summed E-state index contributed by atoms with van der Waals surface area (Å²) in [6.07, 6.45) is 7.68. The lowest BCUT2D eigenvalue weighted by atomic mass is 9.93. The third kappa shape index (κ3) is 4.52. The molecule has 1 aliphatic carbocycles. The SMILES string of the molecule is CC(C)Nc1cc(-n2ccc3cc(C#N)cnc32)ncc1C(=O)NC1CCC(O)CC1. The molecular formula is C23H26N6O2. The summed E-state index contributed by atoms with van der Waals surface area (Å²) in [7, 11) is 0. The van der Waals surface area contributed by atoms with Gasteiger partial charge in [-0.15, -0.1) is 0 Å². The Balaban J connectivity index is 1.64. The van der Waals surface area contributed by atoms with Crippen molar-refractivity contribution in [1.29, 1.82) is 5.26 Å². The van der Waals surface area contributed by atoms with E-state index in [9.17, 15) is 9.90 Å². The molecule has 8 heteroatoms. The van der Waals surface area contributed by atoms with Gasteiger partial charge in [-0.2, -0.15) is 5.26 Å². The normalized spacial score (nSPS) is 18.7. The fraction of sp³-hybridized carbons (Fsp3) is 0.391. The van der Waals surface area contributed by atoms with Gasteiger partial charge in [0.15, 0.2) is 0 Å². The van der Waals surface area contributed by atoms with Crippen molar-refractivity contribution in [1.82, 2.24) is 19.9 Å². The molecule has 1 saturated carbocycles. The van der Waals surface area contributed by atoms with Crippen LogP contribution in [0.2, 0.25) is 0 Å². The van der Waals surface area contributed by atoms with Crippen LogP contribution in [0.25, 0.3) is 16.9 Å². The minimum Gasteiger partial charge on any atom is -0.393 e. The Kier molecular flexibility index (Phi) is 5.87. The van der Waals surface area contributed by atoms with E-state index in [1.54, 1.807) is 12.3 Å². The van der Waals surface area contributed by atoms with Gasteiger partial charge in [0.1, 0.15) is 17.5 Å². The first-order valence-electron chi connectivity index (χ1n) is 10.6. The zero-order valence-electron chi connectivity index (χ0n) is 17.7. The van der Waals surface area contributed by atoms with Gasteiger partial charge in [-0.05, 0) is 51.7 Å². The number of hydrogen-bond acceptors (Lipinski definition) is 6. The third-order valence-electron chi connectivity index (χ3n) is 5.51. The van der Waals surface area contributed by atoms with E-state index in [1.165, 1.54) is 6.20 Å². The molecule has 160 valence electrons. The number of nitrogens with zero attached hydrogens (tertiary/aromatic N) is 4. The highest BCUT2D eigenvalue weighted by atomic mass is 16.3. The van der Waals surface area contributed by atoms with Crippen LogP contribution in [0.1, 0.15) is 55.5 Å². The Morgan fingerprint density at radius 2 is 2.00 bits per heavy atom. The quantitative estimate of drug-likeness (QED) is 0.586. The van der Waals surface area contributed by atoms with Crippen LogP contribution in [-0.2, 0) is 0 Å². The van der Waals surface area contributed by atoms with Crippen LogP contribution in [0.15, 0.2) is 36.8 Å². The van der Waals surface area contributed by atoms with E-state index in [4.69, 9.17) is 5.26 Å². The molecule has 31 heavy (non-hydrogen) atoms. The highest BCUT2D eigenvalue weighted by molar-refractivity contribution is 5.99. The van der Waals surface area contributed by atoms with Gasteiger partial charge >= 0.3 is 0 Å². The topological polar surface area (TPSA) is 116 Å². The maximum atomic E-state index is 13.0. The Bertz CT molecular complexity index is 1140. The van der Waals surface area contributed by atoms with Gasteiger partial charge in [0.25, 0.3) is 5.91 Å². The summed E-state index contributed by atoms with van der Waals surface area (Å²) in [5.41, 5.74) is 2.38. The molecule has 0 bridgehead atoms. The molecular weight excluding hydrogens is 392 g/mol. The van der Waals surface area contributed by atoms with Crippen molar-refractivity contribution >= 4 is 22.6 Å². The van der Waals surface area contributed by atoms with Gasteiger partial charge in [-0.3, -0.25) is 9.36 Å². The summed E-state index contributed by atoms with van der Waals surface area (Å²) in [6, 6.07) is 7.81. The van der Waals surface area contributed by atoms with Crippen LogP contribution in [0.3, 0.4) is 0 Å². The number of aliphatic hydroxyl groups excluding tert-OH is 1. The van der Waals surface area contributed by atoms with Crippen molar-refractivity contribution < 1.29 is 9.90 Å². The van der Waals surface area contributed by atoms with Crippen LogP contribution < -0.4 is 10.6 Å². The third-order valence-corrected chi connectivity index (χ3v) is 5.51. The number of fused-ring (bicyclic) bond motifs is 1. The molecule has 8 nitrogen and oxygen atoms in total. The highest BCUT2D eigenvalue weighted by Crippen LogP contribution is 2.24. The number of nitriles is 1. The van der Waals surface area contributed by atoms with E-state index in [0.29, 0.717) is 41.1 Å². The van der Waals surface area contributed by atoms with E-state index < -0.39 is 0 Å². The number of pyridine rings is 2. The average Bonchev–Trinajstić information content (AvgIpc) is 3.18. The van der Waals surface area contributed by atoms with Crippen LogP contribution in [0, 0.1) is 11.3 Å². The smallest absolute Gasteiger partial charge is 0.255 e. The summed E-state index contributed by atoms with van der Waals surface area (Å²) >= 11 is 0. The number of hydrogen-bond donors (Lipinski definition) is 3. The summed E-state index contributed by atoms with van der Waals surface area (Å²) in [5.74, 6) is 0.463. The molecule has 3 aromatic rings. The molecule has 1 fully saturated rings. The molecule has 3 aromatic heterocycles. The summed E-state index contributed by atoms with van der Waals surface area (Å²) < 4.78 is 1.84. The molecule has 1 aliphatic rings. The van der Waals surface area contributed by atoms with Gasteiger partial charge in [-0.1, -0.05) is 0 Å². The lowest BCUT2D eigenvalue weighted by Gasteiger charge is -2.26. The van der Waals surface area contributed by atoms with E-state index in [0.717, 1.165) is 18.2 Å². The fourth-order valence-electron chi connectivity index (χ4n) is 3.94. The van der Waals surface area contributed by atoms with Crippen molar-refractivity contribution in [3.05, 3.63) is 47.9 Å². The Labute approximate surface area is 180 Å². The van der Waals surface area contributed by atoms with Gasteiger partial charge in [-0.25, -0.2) is 9.97 Å². The number of anilines is 1. The lowest BCUT2D eigenvalue weighted by molar-refractivity contribution is 0.0868. The number of aromatic nitrogens is 3. The maximum Gasteiger partial charge on any atom is 0.255 e. The molecule has 0 aromatic carbocycles. The second-order valence-corrected chi connectivity index (χ2v) is 8.30. The van der Waals surface area contributed by atoms with Crippen LogP contribution in [0.4, 0.5) is 5.69 Å². The van der Waals surface area contributed by atoms with E-state index in [1.807, 2.05) is 36.7 Å². The molecule has 0 unspecified atom stereocenters. The number of carbonyl (C=O) groups is 1. The molecule has 4 rings (SSSR count). The minimum absolute atomic E-state index is 0.0643. The van der Waals surface area contributed by atoms with Crippen molar-refractivity contribution in [3.63, 3.8) is 0 Å². The Morgan fingerprint density at radius 1 is 1.23 bits per heavy atom. The number of nitrogens with one attached hydrogen (secondary N) is 2. The lowest BCUT2D eigenvalue weighted by Crippen LogP contribution is -2.39. The first-order chi connectivity index (χ1) is 14.9. The van der Waals surface area contributed by atoms with Crippen molar-refractivity contribution in [2.45, 2.75) is 57.7 Å². The van der Waals surface area contributed by atoms with Crippen LogP contribution in [0.5, 0.6) is 0 Å². The van der Waals surface area contributed by atoms with Crippen molar-refractivity contribution in [2.75, 3.05) is 5.32 Å². The van der Waals surface area contributed by atoms with Crippen LogP contribution >= 0.6 is 0 Å². The Hall–Kier alpha value is -3.44. The number of amides is 1. The first-order valence-corrected chi connectivity index (χ1v) is 10.6.